The topological polar surface area (TPSA) is 56.5 Å². The van der Waals surface area contributed by atoms with E-state index in [1.165, 1.54) is 0 Å². The smallest absolute Gasteiger partial charge is 0.120 e. The highest BCUT2D eigenvalue weighted by atomic mass is 16.5. The third kappa shape index (κ3) is 2.37. The highest BCUT2D eigenvalue weighted by molar-refractivity contribution is 5.50. The van der Waals surface area contributed by atoms with E-state index in [2.05, 4.69) is 12.2 Å². The van der Waals surface area contributed by atoms with Crippen molar-refractivity contribution >= 4 is 5.69 Å². The van der Waals surface area contributed by atoms with E-state index in [1.807, 2.05) is 24.3 Å². The number of rotatable bonds is 4. The number of nitrogens with one attached hydrogen (secondary N) is 1. The molecule has 0 radical (unpaired) electrons. The number of anilines is 1. The normalized spacial score (nSPS) is 28.1. The Morgan fingerprint density at radius 2 is 2.41 bits per heavy atom. The summed E-state index contributed by atoms with van der Waals surface area (Å²) in [4.78, 5) is 0. The van der Waals surface area contributed by atoms with Crippen LogP contribution in [0.1, 0.15) is 13.3 Å². The highest BCUT2D eigenvalue weighted by Crippen LogP contribution is 2.30. The first kappa shape index (κ1) is 12.2. The van der Waals surface area contributed by atoms with Gasteiger partial charge < -0.3 is 20.5 Å². The van der Waals surface area contributed by atoms with Gasteiger partial charge in [0.2, 0.25) is 0 Å². The van der Waals surface area contributed by atoms with Gasteiger partial charge in [-0.1, -0.05) is 6.07 Å². The zero-order chi connectivity index (χ0) is 12.3. The molecular formula is C13H20N2O2. The largest absolute Gasteiger partial charge is 0.497 e. The van der Waals surface area contributed by atoms with Crippen LogP contribution in [0.4, 0.5) is 5.69 Å². The van der Waals surface area contributed by atoms with Gasteiger partial charge in [0, 0.05) is 24.9 Å². The zero-order valence-electron chi connectivity index (χ0n) is 10.4. The van der Waals surface area contributed by atoms with Gasteiger partial charge in [0.05, 0.1) is 18.8 Å². The summed E-state index contributed by atoms with van der Waals surface area (Å²) in [7, 11) is 1.67. The van der Waals surface area contributed by atoms with Crippen LogP contribution in [0.3, 0.4) is 0 Å². The van der Waals surface area contributed by atoms with Gasteiger partial charge in [-0.05, 0) is 25.5 Å². The molecule has 17 heavy (non-hydrogen) atoms. The van der Waals surface area contributed by atoms with Crippen LogP contribution in [0.25, 0.3) is 0 Å². The van der Waals surface area contributed by atoms with E-state index in [9.17, 15) is 0 Å². The summed E-state index contributed by atoms with van der Waals surface area (Å²) < 4.78 is 10.8. The van der Waals surface area contributed by atoms with Crippen LogP contribution < -0.4 is 15.8 Å². The summed E-state index contributed by atoms with van der Waals surface area (Å²) in [6.45, 7) is 3.38. The van der Waals surface area contributed by atoms with E-state index >= 15 is 0 Å². The number of nitrogens with two attached hydrogens (primary N) is 1. The Bertz CT molecular complexity index is 383. The van der Waals surface area contributed by atoms with Gasteiger partial charge in [-0.2, -0.15) is 0 Å². The van der Waals surface area contributed by atoms with E-state index in [1.54, 1.807) is 7.11 Å². The number of benzene rings is 1. The fourth-order valence-electron chi connectivity index (χ4n) is 2.25. The van der Waals surface area contributed by atoms with E-state index in [-0.39, 0.29) is 11.6 Å². The predicted octanol–water partition coefficient (Wildman–Crippen LogP) is 1.61. The molecule has 0 amide bonds. The molecule has 0 bridgehead atoms. The monoisotopic (exact) mass is 236 g/mol. The lowest BCUT2D eigenvalue weighted by atomic mass is 9.91. The second-order valence-electron chi connectivity index (χ2n) is 4.48. The molecule has 1 saturated heterocycles. The summed E-state index contributed by atoms with van der Waals surface area (Å²) in [5.41, 5.74) is 6.76. The van der Waals surface area contributed by atoms with Crippen molar-refractivity contribution < 1.29 is 9.47 Å². The molecule has 3 N–H and O–H groups in total. The van der Waals surface area contributed by atoms with E-state index < -0.39 is 0 Å². The molecule has 2 atom stereocenters. The fraction of sp³-hybridized carbons (Fsp3) is 0.538. The lowest BCUT2D eigenvalue weighted by Gasteiger charge is -2.33. The maximum atomic E-state index is 5.90. The molecule has 1 aromatic carbocycles. The van der Waals surface area contributed by atoms with Crippen molar-refractivity contribution in [2.75, 3.05) is 25.6 Å². The van der Waals surface area contributed by atoms with Crippen LogP contribution in [0, 0.1) is 0 Å². The lowest BCUT2D eigenvalue weighted by molar-refractivity contribution is 0.103. The number of ether oxygens (including phenoxy) is 2. The minimum absolute atomic E-state index is 0.124. The van der Waals surface area contributed by atoms with Gasteiger partial charge in [-0.25, -0.2) is 0 Å². The quantitative estimate of drug-likeness (QED) is 0.834. The van der Waals surface area contributed by atoms with Crippen molar-refractivity contribution in [3.8, 4) is 5.75 Å². The van der Waals surface area contributed by atoms with Gasteiger partial charge in [-0.3, -0.25) is 0 Å². The molecule has 4 nitrogen and oxygen atoms in total. The Morgan fingerprint density at radius 3 is 3.00 bits per heavy atom. The third-order valence-corrected chi connectivity index (χ3v) is 3.52. The van der Waals surface area contributed by atoms with Crippen LogP contribution in [0.15, 0.2) is 24.3 Å². The first-order valence-electron chi connectivity index (χ1n) is 5.94. The standard InChI is InChI=1S/C13H20N2O2/c1-10-13(9-14,6-7-17-10)15-11-4-3-5-12(8-11)16-2/h3-5,8,10,15H,6-7,9,14H2,1-2H3. The third-order valence-electron chi connectivity index (χ3n) is 3.52. The number of methoxy groups -OCH3 is 1. The van der Waals surface area contributed by atoms with Crippen molar-refractivity contribution in [1.82, 2.24) is 0 Å². The van der Waals surface area contributed by atoms with E-state index in [0.29, 0.717) is 6.54 Å². The molecule has 94 valence electrons. The average molecular weight is 236 g/mol. The lowest BCUT2D eigenvalue weighted by Crippen LogP contribution is -2.50. The molecule has 1 aliphatic heterocycles. The van der Waals surface area contributed by atoms with Gasteiger partial charge in [0.25, 0.3) is 0 Å². The maximum absolute atomic E-state index is 5.90. The van der Waals surface area contributed by atoms with Gasteiger partial charge in [-0.15, -0.1) is 0 Å². The Balaban J connectivity index is 2.18. The van der Waals surface area contributed by atoms with Crippen LogP contribution in [0.5, 0.6) is 5.75 Å². The molecule has 0 spiro atoms. The Labute approximate surface area is 102 Å². The molecule has 1 heterocycles. The molecular weight excluding hydrogens is 216 g/mol. The van der Waals surface area contributed by atoms with Crippen LogP contribution >= 0.6 is 0 Å². The molecule has 4 heteroatoms. The minimum atomic E-state index is -0.160. The summed E-state index contributed by atoms with van der Waals surface area (Å²) in [5, 5.41) is 3.50. The van der Waals surface area contributed by atoms with Crippen LogP contribution in [0.2, 0.25) is 0 Å². The van der Waals surface area contributed by atoms with Crippen molar-refractivity contribution in [3.63, 3.8) is 0 Å². The van der Waals surface area contributed by atoms with Crippen LogP contribution in [-0.2, 0) is 4.74 Å². The SMILES string of the molecule is COc1cccc(NC2(CN)CCOC2C)c1. The summed E-state index contributed by atoms with van der Waals surface area (Å²) in [6, 6.07) is 7.88. The second kappa shape index (κ2) is 4.94. The first-order valence-corrected chi connectivity index (χ1v) is 5.94. The number of hydrogen-bond acceptors (Lipinski definition) is 4. The predicted molar refractivity (Wildman–Crippen MR) is 68.4 cm³/mol. The fourth-order valence-corrected chi connectivity index (χ4v) is 2.25. The van der Waals surface area contributed by atoms with Crippen molar-refractivity contribution in [1.29, 1.82) is 0 Å². The van der Waals surface area contributed by atoms with Crippen LogP contribution in [-0.4, -0.2) is 31.9 Å². The first-order chi connectivity index (χ1) is 8.20. The zero-order valence-corrected chi connectivity index (χ0v) is 10.4. The van der Waals surface area contributed by atoms with E-state index in [4.69, 9.17) is 15.2 Å². The van der Waals surface area contributed by atoms with Crippen molar-refractivity contribution in [2.24, 2.45) is 5.73 Å². The van der Waals surface area contributed by atoms with Gasteiger partial charge >= 0.3 is 0 Å². The summed E-state index contributed by atoms with van der Waals surface area (Å²) in [6.07, 6.45) is 1.06. The maximum Gasteiger partial charge on any atom is 0.120 e. The number of hydrogen-bond donors (Lipinski definition) is 2. The molecule has 2 unspecified atom stereocenters. The van der Waals surface area contributed by atoms with E-state index in [0.717, 1.165) is 24.5 Å². The molecule has 2 rings (SSSR count). The molecule has 0 aliphatic carbocycles. The Kier molecular flexibility index (Phi) is 3.54. The van der Waals surface area contributed by atoms with Gasteiger partial charge in [0.1, 0.15) is 5.75 Å². The Morgan fingerprint density at radius 1 is 1.59 bits per heavy atom. The molecule has 1 aliphatic rings. The highest BCUT2D eigenvalue weighted by Gasteiger charge is 2.40. The van der Waals surface area contributed by atoms with Crippen molar-refractivity contribution in [3.05, 3.63) is 24.3 Å². The molecule has 0 aromatic heterocycles. The molecule has 1 fully saturated rings. The average Bonchev–Trinajstić information content (AvgIpc) is 2.71. The minimum Gasteiger partial charge on any atom is -0.497 e. The molecule has 0 saturated carbocycles. The Hall–Kier alpha value is -1.26. The second-order valence-corrected chi connectivity index (χ2v) is 4.48. The van der Waals surface area contributed by atoms with Gasteiger partial charge in [0.15, 0.2) is 0 Å². The summed E-state index contributed by atoms with van der Waals surface area (Å²) in [5.74, 6) is 0.841. The van der Waals surface area contributed by atoms with Crippen molar-refractivity contribution in [2.45, 2.75) is 25.0 Å². The molecule has 1 aromatic rings. The summed E-state index contributed by atoms with van der Waals surface area (Å²) >= 11 is 0.